The molecule has 0 bridgehead atoms. The number of aliphatic imine (C=N–C) groups is 1. The van der Waals surface area contributed by atoms with Gasteiger partial charge in [-0.25, -0.2) is 0 Å². The van der Waals surface area contributed by atoms with Crippen LogP contribution in [0.15, 0.2) is 4.99 Å². The van der Waals surface area contributed by atoms with Crippen molar-refractivity contribution in [1.82, 2.24) is 15.1 Å². The van der Waals surface area contributed by atoms with Crippen LogP contribution in [0.5, 0.6) is 0 Å². The summed E-state index contributed by atoms with van der Waals surface area (Å²) in [6.07, 6.45) is 1.53. The molecular weight excluding hydrogens is 286 g/mol. The Morgan fingerprint density at radius 3 is 3.00 bits per heavy atom. The van der Waals surface area contributed by atoms with Gasteiger partial charge in [0.1, 0.15) is 0 Å². The molecule has 1 aromatic heterocycles. The Morgan fingerprint density at radius 1 is 1.52 bits per heavy atom. The van der Waals surface area contributed by atoms with Gasteiger partial charge in [-0.05, 0) is 25.8 Å². The molecule has 1 aromatic rings. The van der Waals surface area contributed by atoms with E-state index in [1.807, 2.05) is 18.5 Å². The molecule has 0 aliphatic carbocycles. The fraction of sp³-hybridized carbons (Fsp3) is 0.571. The molecule has 6 nitrogen and oxygen atoms in total. The highest BCUT2D eigenvalue weighted by Gasteiger charge is 2.15. The van der Waals surface area contributed by atoms with Crippen molar-refractivity contribution >= 4 is 22.8 Å². The first-order chi connectivity index (χ1) is 10.1. The van der Waals surface area contributed by atoms with Crippen LogP contribution in [0.2, 0.25) is 0 Å². The number of aromatic nitrogens is 2. The third-order valence-corrected chi connectivity index (χ3v) is 4.29. The molecule has 1 aliphatic rings. The van der Waals surface area contributed by atoms with Gasteiger partial charge in [0, 0.05) is 17.9 Å². The minimum absolute atomic E-state index is 0.00766. The van der Waals surface area contributed by atoms with Crippen molar-refractivity contribution < 1.29 is 4.79 Å². The molecule has 0 saturated heterocycles. The van der Waals surface area contributed by atoms with Crippen LogP contribution in [-0.2, 0) is 17.8 Å². The Balaban J connectivity index is 1.92. The number of amidine groups is 1. The fourth-order valence-electron chi connectivity index (χ4n) is 2.30. The topological polar surface area (TPSA) is 83.1 Å². The van der Waals surface area contributed by atoms with Crippen molar-refractivity contribution in [2.45, 2.75) is 39.7 Å². The second kappa shape index (κ2) is 7.27. The number of hydrogen-bond acceptors (Lipinski definition) is 5. The Labute approximate surface area is 128 Å². The molecule has 0 unspecified atom stereocenters. The van der Waals surface area contributed by atoms with E-state index in [0.29, 0.717) is 25.8 Å². The number of nitrogens with one attached hydrogen (secondary N) is 1. The summed E-state index contributed by atoms with van der Waals surface area (Å²) in [5.41, 5.74) is 3.08. The molecule has 0 saturated carbocycles. The number of thioether (sulfide) groups is 1. The number of nitriles is 1. The van der Waals surface area contributed by atoms with Gasteiger partial charge in [-0.3, -0.25) is 14.5 Å². The smallest absolute Gasteiger partial charge is 0.226 e. The summed E-state index contributed by atoms with van der Waals surface area (Å²) in [5, 5.41) is 16.7. The lowest BCUT2D eigenvalue weighted by Gasteiger charge is -2.05. The van der Waals surface area contributed by atoms with E-state index in [9.17, 15) is 4.79 Å². The Bertz CT molecular complexity index is 599. The number of amides is 1. The summed E-state index contributed by atoms with van der Waals surface area (Å²) < 4.78 is 1.85. The minimum Gasteiger partial charge on any atom is -0.305 e. The minimum atomic E-state index is -0.00766. The maximum Gasteiger partial charge on any atom is 0.226 e. The molecular formula is C14H19N5OS. The van der Waals surface area contributed by atoms with Crippen LogP contribution in [0, 0.1) is 25.2 Å². The van der Waals surface area contributed by atoms with Gasteiger partial charge in [-0.2, -0.15) is 10.4 Å². The highest BCUT2D eigenvalue weighted by Crippen LogP contribution is 2.16. The standard InChI is InChI=1S/C14H19N5OS/c1-10-12(11(2)19(18-10)8-3-6-15)4-5-13(20)17-14-16-7-9-21-14/h3-5,7-9H2,1-2H3,(H,16,17,20). The van der Waals surface area contributed by atoms with Gasteiger partial charge in [0.05, 0.1) is 31.3 Å². The van der Waals surface area contributed by atoms with E-state index in [1.54, 1.807) is 11.8 Å². The molecule has 7 heteroatoms. The molecule has 0 fully saturated rings. The van der Waals surface area contributed by atoms with E-state index in [0.717, 1.165) is 34.4 Å². The predicted octanol–water partition coefficient (Wildman–Crippen LogP) is 1.57. The maximum absolute atomic E-state index is 11.9. The van der Waals surface area contributed by atoms with Crippen molar-refractivity contribution in [3.05, 3.63) is 17.0 Å². The molecule has 0 spiro atoms. The third-order valence-electron chi connectivity index (χ3n) is 3.40. The lowest BCUT2D eigenvalue weighted by molar-refractivity contribution is -0.119. The average Bonchev–Trinajstić information content (AvgIpc) is 3.04. The van der Waals surface area contributed by atoms with Gasteiger partial charge < -0.3 is 5.32 Å². The van der Waals surface area contributed by atoms with Crippen molar-refractivity contribution in [3.8, 4) is 6.07 Å². The van der Waals surface area contributed by atoms with Gasteiger partial charge in [-0.15, -0.1) is 0 Å². The lowest BCUT2D eigenvalue weighted by atomic mass is 10.1. The number of carbonyl (C=O) groups excluding carboxylic acids is 1. The van der Waals surface area contributed by atoms with E-state index in [1.165, 1.54) is 0 Å². The zero-order valence-electron chi connectivity index (χ0n) is 12.3. The van der Waals surface area contributed by atoms with E-state index < -0.39 is 0 Å². The summed E-state index contributed by atoms with van der Waals surface area (Å²) in [4.78, 5) is 16.1. The number of rotatable bonds is 5. The summed E-state index contributed by atoms with van der Waals surface area (Å²) in [6.45, 7) is 5.31. The molecule has 0 atom stereocenters. The van der Waals surface area contributed by atoms with Crippen LogP contribution < -0.4 is 5.32 Å². The highest BCUT2D eigenvalue weighted by molar-refractivity contribution is 8.14. The number of carbonyl (C=O) groups is 1. The zero-order chi connectivity index (χ0) is 15.2. The van der Waals surface area contributed by atoms with Crippen LogP contribution in [-0.4, -0.2) is 33.2 Å². The summed E-state index contributed by atoms with van der Waals surface area (Å²) in [6, 6.07) is 2.12. The van der Waals surface area contributed by atoms with Crippen molar-refractivity contribution in [2.75, 3.05) is 12.3 Å². The van der Waals surface area contributed by atoms with Crippen LogP contribution in [0.3, 0.4) is 0 Å². The Hall–Kier alpha value is -1.81. The first-order valence-electron chi connectivity index (χ1n) is 6.98. The Morgan fingerprint density at radius 2 is 2.33 bits per heavy atom. The third kappa shape index (κ3) is 4.08. The van der Waals surface area contributed by atoms with E-state index in [-0.39, 0.29) is 5.91 Å². The molecule has 112 valence electrons. The van der Waals surface area contributed by atoms with Gasteiger partial charge in [0.15, 0.2) is 5.17 Å². The number of hydrogen-bond donors (Lipinski definition) is 1. The largest absolute Gasteiger partial charge is 0.305 e. The van der Waals surface area contributed by atoms with Crippen LogP contribution in [0.4, 0.5) is 0 Å². The number of aryl methyl sites for hydroxylation is 2. The quantitative estimate of drug-likeness (QED) is 0.895. The molecule has 0 radical (unpaired) electrons. The van der Waals surface area contributed by atoms with Crippen LogP contribution in [0.1, 0.15) is 29.8 Å². The van der Waals surface area contributed by atoms with Crippen molar-refractivity contribution in [2.24, 2.45) is 4.99 Å². The first kappa shape index (κ1) is 15.6. The van der Waals surface area contributed by atoms with Crippen LogP contribution >= 0.6 is 11.8 Å². The van der Waals surface area contributed by atoms with Crippen molar-refractivity contribution in [3.63, 3.8) is 0 Å². The molecule has 2 heterocycles. The fourth-order valence-corrected chi connectivity index (χ4v) is 3.04. The molecule has 1 aliphatic heterocycles. The first-order valence-corrected chi connectivity index (χ1v) is 7.97. The molecule has 0 aromatic carbocycles. The normalized spacial score (nSPS) is 13.9. The predicted molar refractivity (Wildman–Crippen MR) is 83.2 cm³/mol. The van der Waals surface area contributed by atoms with Gasteiger partial charge in [-0.1, -0.05) is 11.8 Å². The summed E-state index contributed by atoms with van der Waals surface area (Å²) in [7, 11) is 0. The average molecular weight is 305 g/mol. The molecule has 2 rings (SSSR count). The highest BCUT2D eigenvalue weighted by atomic mass is 32.2. The SMILES string of the molecule is Cc1nn(CCC#N)c(C)c1CCC(=O)NC1=NCCS1. The molecule has 1 amide bonds. The van der Waals surface area contributed by atoms with E-state index >= 15 is 0 Å². The molecule has 1 N–H and O–H groups in total. The van der Waals surface area contributed by atoms with Crippen molar-refractivity contribution in [1.29, 1.82) is 5.26 Å². The van der Waals surface area contributed by atoms with Gasteiger partial charge >= 0.3 is 0 Å². The second-order valence-electron chi connectivity index (χ2n) is 4.86. The second-order valence-corrected chi connectivity index (χ2v) is 5.95. The number of nitrogens with zero attached hydrogens (tertiary/aromatic N) is 4. The van der Waals surface area contributed by atoms with Gasteiger partial charge in [0.2, 0.25) is 5.91 Å². The van der Waals surface area contributed by atoms with Gasteiger partial charge in [0.25, 0.3) is 0 Å². The lowest BCUT2D eigenvalue weighted by Crippen LogP contribution is -2.27. The van der Waals surface area contributed by atoms with E-state index in [2.05, 4.69) is 21.5 Å². The zero-order valence-corrected chi connectivity index (χ0v) is 13.2. The van der Waals surface area contributed by atoms with E-state index in [4.69, 9.17) is 5.26 Å². The summed E-state index contributed by atoms with van der Waals surface area (Å²) in [5.74, 6) is 0.936. The molecule has 21 heavy (non-hydrogen) atoms. The Kier molecular flexibility index (Phi) is 5.39. The maximum atomic E-state index is 11.9. The van der Waals surface area contributed by atoms with Crippen LogP contribution in [0.25, 0.3) is 0 Å². The monoisotopic (exact) mass is 305 g/mol. The summed E-state index contributed by atoms with van der Waals surface area (Å²) >= 11 is 1.58.